The van der Waals surface area contributed by atoms with E-state index in [-0.39, 0.29) is 5.72 Å². The van der Waals surface area contributed by atoms with Gasteiger partial charge in [0.25, 0.3) is 0 Å². The highest BCUT2D eigenvalue weighted by molar-refractivity contribution is 5.53. The van der Waals surface area contributed by atoms with Gasteiger partial charge in [-0.3, -0.25) is 0 Å². The maximum Gasteiger partial charge on any atom is 0.163 e. The first-order valence-electron chi connectivity index (χ1n) is 4.86. The lowest BCUT2D eigenvalue weighted by atomic mass is 10.2. The van der Waals surface area contributed by atoms with Crippen molar-refractivity contribution in [3.8, 4) is 0 Å². The summed E-state index contributed by atoms with van der Waals surface area (Å²) in [5.74, 6) is -1.62. The first-order valence-corrected chi connectivity index (χ1v) is 4.86. The standard InChI is InChI=1S/C11H13F2NO/c1-7-9(4-3-8(12)10(7)13)14-11(15-2)5-6-11/h3-4,14H,5-6H2,1-2H3. The van der Waals surface area contributed by atoms with Crippen molar-refractivity contribution < 1.29 is 13.5 Å². The average molecular weight is 213 g/mol. The Morgan fingerprint density at radius 3 is 2.53 bits per heavy atom. The molecule has 0 radical (unpaired) electrons. The van der Waals surface area contributed by atoms with E-state index >= 15 is 0 Å². The van der Waals surface area contributed by atoms with E-state index in [1.807, 2.05) is 0 Å². The van der Waals surface area contributed by atoms with Gasteiger partial charge >= 0.3 is 0 Å². The summed E-state index contributed by atoms with van der Waals surface area (Å²) < 4.78 is 31.3. The molecular formula is C11H13F2NO. The summed E-state index contributed by atoms with van der Waals surface area (Å²) in [4.78, 5) is 0. The number of anilines is 1. The zero-order chi connectivity index (χ0) is 11.1. The van der Waals surface area contributed by atoms with E-state index < -0.39 is 11.6 Å². The molecule has 2 rings (SSSR count). The van der Waals surface area contributed by atoms with Crippen LogP contribution in [0.25, 0.3) is 0 Å². The largest absolute Gasteiger partial charge is 0.359 e. The number of halogens is 2. The molecule has 1 saturated carbocycles. The molecule has 0 amide bonds. The third-order valence-corrected chi connectivity index (χ3v) is 2.80. The second-order valence-electron chi connectivity index (χ2n) is 3.86. The van der Waals surface area contributed by atoms with Crippen LogP contribution in [0.5, 0.6) is 0 Å². The summed E-state index contributed by atoms with van der Waals surface area (Å²) in [5, 5.41) is 3.09. The molecule has 1 aromatic rings. The summed E-state index contributed by atoms with van der Waals surface area (Å²) in [6.45, 7) is 1.55. The molecule has 82 valence electrons. The third-order valence-electron chi connectivity index (χ3n) is 2.80. The Hall–Kier alpha value is -1.16. The van der Waals surface area contributed by atoms with Crippen LogP contribution in [-0.4, -0.2) is 12.8 Å². The second-order valence-corrected chi connectivity index (χ2v) is 3.86. The van der Waals surface area contributed by atoms with Gasteiger partial charge in [0.1, 0.15) is 5.72 Å². The van der Waals surface area contributed by atoms with E-state index in [2.05, 4.69) is 5.32 Å². The van der Waals surface area contributed by atoms with Crippen LogP contribution in [0, 0.1) is 18.6 Å². The van der Waals surface area contributed by atoms with E-state index in [9.17, 15) is 8.78 Å². The summed E-state index contributed by atoms with van der Waals surface area (Å²) in [5.41, 5.74) is 0.515. The number of ether oxygens (including phenoxy) is 1. The molecule has 1 N–H and O–H groups in total. The van der Waals surface area contributed by atoms with Gasteiger partial charge < -0.3 is 10.1 Å². The first kappa shape index (κ1) is 10.4. The van der Waals surface area contributed by atoms with Gasteiger partial charge in [0, 0.05) is 18.4 Å². The molecule has 1 aliphatic carbocycles. The summed E-state index contributed by atoms with van der Waals surface area (Å²) >= 11 is 0. The molecule has 0 spiro atoms. The minimum absolute atomic E-state index is 0.290. The van der Waals surface area contributed by atoms with Crippen molar-refractivity contribution >= 4 is 5.69 Å². The Kier molecular flexibility index (Phi) is 2.38. The van der Waals surface area contributed by atoms with Crippen LogP contribution in [0.1, 0.15) is 18.4 Å². The van der Waals surface area contributed by atoms with E-state index in [0.717, 1.165) is 18.9 Å². The summed E-state index contributed by atoms with van der Waals surface area (Å²) in [6.07, 6.45) is 1.78. The van der Waals surface area contributed by atoms with E-state index in [1.165, 1.54) is 6.07 Å². The minimum Gasteiger partial charge on any atom is -0.359 e. The van der Waals surface area contributed by atoms with Crippen molar-refractivity contribution in [1.29, 1.82) is 0 Å². The van der Waals surface area contributed by atoms with Gasteiger partial charge in [-0.2, -0.15) is 0 Å². The van der Waals surface area contributed by atoms with E-state index in [1.54, 1.807) is 14.0 Å². The van der Waals surface area contributed by atoms with Crippen LogP contribution in [0.4, 0.5) is 14.5 Å². The lowest BCUT2D eigenvalue weighted by Gasteiger charge is -2.18. The van der Waals surface area contributed by atoms with Gasteiger partial charge in [-0.15, -0.1) is 0 Å². The first-order chi connectivity index (χ1) is 7.08. The fourth-order valence-electron chi connectivity index (χ4n) is 1.53. The van der Waals surface area contributed by atoms with Gasteiger partial charge in [-0.1, -0.05) is 0 Å². The normalized spacial score (nSPS) is 17.6. The maximum atomic E-state index is 13.2. The Labute approximate surface area is 87.2 Å². The lowest BCUT2D eigenvalue weighted by Crippen LogP contribution is -2.23. The van der Waals surface area contributed by atoms with Crippen LogP contribution in [0.2, 0.25) is 0 Å². The Morgan fingerprint density at radius 1 is 1.33 bits per heavy atom. The van der Waals surface area contributed by atoms with Crippen LogP contribution in [-0.2, 0) is 4.74 Å². The van der Waals surface area contributed by atoms with E-state index in [0.29, 0.717) is 11.3 Å². The van der Waals surface area contributed by atoms with Crippen LogP contribution < -0.4 is 5.32 Å². The molecule has 1 fully saturated rings. The van der Waals surface area contributed by atoms with Gasteiger partial charge in [-0.05, 0) is 31.9 Å². The number of hydrogen-bond acceptors (Lipinski definition) is 2. The maximum absolute atomic E-state index is 13.2. The monoisotopic (exact) mass is 213 g/mol. The molecule has 0 heterocycles. The van der Waals surface area contributed by atoms with Gasteiger partial charge in [0.05, 0.1) is 0 Å². The number of hydrogen-bond donors (Lipinski definition) is 1. The minimum atomic E-state index is -0.819. The highest BCUT2D eigenvalue weighted by Gasteiger charge is 2.43. The fraction of sp³-hybridized carbons (Fsp3) is 0.455. The Balaban J connectivity index is 2.26. The number of methoxy groups -OCH3 is 1. The van der Waals surface area contributed by atoms with Crippen molar-refractivity contribution in [2.45, 2.75) is 25.5 Å². The van der Waals surface area contributed by atoms with Crippen LogP contribution in [0.3, 0.4) is 0 Å². The van der Waals surface area contributed by atoms with E-state index in [4.69, 9.17) is 4.74 Å². The zero-order valence-electron chi connectivity index (χ0n) is 8.73. The topological polar surface area (TPSA) is 21.3 Å². The second kappa shape index (κ2) is 3.45. The molecule has 4 heteroatoms. The van der Waals surface area contributed by atoms with Gasteiger partial charge in [0.2, 0.25) is 0 Å². The van der Waals surface area contributed by atoms with Crippen molar-refractivity contribution in [2.75, 3.05) is 12.4 Å². The average Bonchev–Trinajstić information content (AvgIpc) is 3.00. The highest BCUT2D eigenvalue weighted by atomic mass is 19.2. The smallest absolute Gasteiger partial charge is 0.163 e. The van der Waals surface area contributed by atoms with Crippen LogP contribution >= 0.6 is 0 Å². The van der Waals surface area contributed by atoms with Crippen molar-refractivity contribution in [1.82, 2.24) is 0 Å². The molecule has 0 aliphatic heterocycles. The van der Waals surface area contributed by atoms with Gasteiger partial charge in [-0.25, -0.2) is 8.78 Å². The molecule has 1 aliphatic rings. The fourth-order valence-corrected chi connectivity index (χ4v) is 1.53. The van der Waals surface area contributed by atoms with Crippen molar-refractivity contribution in [2.24, 2.45) is 0 Å². The van der Waals surface area contributed by atoms with Crippen molar-refractivity contribution in [3.05, 3.63) is 29.3 Å². The lowest BCUT2D eigenvalue weighted by molar-refractivity contribution is 0.104. The SMILES string of the molecule is COC1(Nc2ccc(F)c(F)c2C)CC1. The Morgan fingerprint density at radius 2 is 2.00 bits per heavy atom. The Bertz CT molecular complexity index is 388. The molecule has 0 aromatic heterocycles. The third kappa shape index (κ3) is 1.81. The number of nitrogens with one attached hydrogen (secondary N) is 1. The van der Waals surface area contributed by atoms with Crippen LogP contribution in [0.15, 0.2) is 12.1 Å². The number of rotatable bonds is 3. The predicted molar refractivity (Wildman–Crippen MR) is 53.7 cm³/mol. The summed E-state index contributed by atoms with van der Waals surface area (Å²) in [6, 6.07) is 2.66. The molecule has 0 unspecified atom stereocenters. The van der Waals surface area contributed by atoms with Crippen molar-refractivity contribution in [3.63, 3.8) is 0 Å². The molecule has 0 bridgehead atoms. The van der Waals surface area contributed by atoms with Gasteiger partial charge in [0.15, 0.2) is 11.6 Å². The quantitative estimate of drug-likeness (QED) is 0.779. The molecule has 1 aromatic carbocycles. The molecule has 0 saturated heterocycles. The highest BCUT2D eigenvalue weighted by Crippen LogP contribution is 2.40. The zero-order valence-corrected chi connectivity index (χ0v) is 8.73. The molecule has 0 atom stereocenters. The summed E-state index contributed by atoms with van der Waals surface area (Å²) in [7, 11) is 1.61. The molecule has 15 heavy (non-hydrogen) atoms. The molecule has 2 nitrogen and oxygen atoms in total. The predicted octanol–water partition coefficient (Wildman–Crippen LogP) is 2.82. The molecular weight excluding hydrogens is 200 g/mol. The number of benzene rings is 1.